The third-order valence-corrected chi connectivity index (χ3v) is 6.13. The zero-order chi connectivity index (χ0) is 12.3. The van der Waals surface area contributed by atoms with Gasteiger partial charge in [-0.3, -0.25) is 0 Å². The van der Waals surface area contributed by atoms with Gasteiger partial charge in [-0.2, -0.15) is 0 Å². The third kappa shape index (κ3) is 1.49. The van der Waals surface area contributed by atoms with Gasteiger partial charge in [-0.1, -0.05) is 19.1 Å². The Balaban J connectivity index is 1.70. The summed E-state index contributed by atoms with van der Waals surface area (Å²) in [5.74, 6) is 5.24. The molecule has 0 N–H and O–H groups in total. The molecule has 0 amide bonds. The molecule has 6 atom stereocenters. The van der Waals surface area contributed by atoms with Gasteiger partial charge >= 0.3 is 0 Å². The van der Waals surface area contributed by atoms with Crippen molar-refractivity contribution in [2.24, 2.45) is 29.6 Å². The molecule has 0 radical (unpaired) electrons. The number of hydrogen-bond acceptors (Lipinski definition) is 0. The molecule has 4 saturated carbocycles. The summed E-state index contributed by atoms with van der Waals surface area (Å²) in [5.41, 5.74) is 1.40. The Morgan fingerprint density at radius 1 is 0.944 bits per heavy atom. The van der Waals surface area contributed by atoms with E-state index in [0.717, 1.165) is 29.6 Å². The fraction of sp³-hybridized carbons (Fsp3) is 0.647. The molecule has 1 heteroatoms. The van der Waals surface area contributed by atoms with Crippen LogP contribution in [-0.4, -0.2) is 0 Å². The lowest BCUT2D eigenvalue weighted by molar-refractivity contribution is -0.0484. The summed E-state index contributed by atoms with van der Waals surface area (Å²) in [4.78, 5) is 0. The van der Waals surface area contributed by atoms with Crippen LogP contribution in [0, 0.1) is 35.4 Å². The molecular weight excluding hydrogens is 223 g/mol. The van der Waals surface area contributed by atoms with E-state index in [1.54, 1.807) is 12.1 Å². The molecule has 0 heterocycles. The topological polar surface area (TPSA) is 0 Å². The van der Waals surface area contributed by atoms with E-state index >= 15 is 0 Å². The maximum Gasteiger partial charge on any atom is 0.123 e. The molecule has 4 aliphatic rings. The average molecular weight is 244 g/mol. The standard InChI is InChI=1S/C17H21F/c1-10-13-6-11-7-14(9-13)17(16(10)8-11)12-2-4-15(18)5-3-12/h2-5,10-11,13-14,16-17H,6-9H2,1H3/t10?,11?,13?,14?,16?,17-/m1/s1. The van der Waals surface area contributed by atoms with E-state index in [1.165, 1.54) is 31.2 Å². The molecule has 96 valence electrons. The molecule has 5 rings (SSSR count). The van der Waals surface area contributed by atoms with Gasteiger partial charge in [0, 0.05) is 0 Å². The van der Waals surface area contributed by atoms with Gasteiger partial charge in [0.25, 0.3) is 0 Å². The van der Waals surface area contributed by atoms with Gasteiger partial charge in [0.05, 0.1) is 0 Å². The highest BCUT2D eigenvalue weighted by atomic mass is 19.1. The van der Waals surface area contributed by atoms with Crippen LogP contribution in [0.1, 0.15) is 44.1 Å². The smallest absolute Gasteiger partial charge is 0.123 e. The zero-order valence-corrected chi connectivity index (χ0v) is 11.0. The van der Waals surface area contributed by atoms with Crippen LogP contribution in [0.4, 0.5) is 4.39 Å². The Labute approximate surface area is 109 Å². The van der Waals surface area contributed by atoms with Crippen molar-refractivity contribution in [2.75, 3.05) is 0 Å². The van der Waals surface area contributed by atoms with Crippen LogP contribution in [0.25, 0.3) is 0 Å². The van der Waals surface area contributed by atoms with E-state index in [4.69, 9.17) is 0 Å². The summed E-state index contributed by atoms with van der Waals surface area (Å²) >= 11 is 0. The molecule has 0 aliphatic heterocycles. The first-order valence-corrected chi connectivity index (χ1v) is 7.48. The van der Waals surface area contributed by atoms with E-state index in [9.17, 15) is 4.39 Å². The Hall–Kier alpha value is -0.850. The predicted molar refractivity (Wildman–Crippen MR) is 70.7 cm³/mol. The maximum absolute atomic E-state index is 13.1. The summed E-state index contributed by atoms with van der Waals surface area (Å²) in [6.45, 7) is 2.46. The molecule has 0 spiro atoms. The fourth-order valence-corrected chi connectivity index (χ4v) is 5.43. The minimum absolute atomic E-state index is 0.101. The van der Waals surface area contributed by atoms with Crippen molar-refractivity contribution in [1.29, 1.82) is 0 Å². The molecular formula is C17H21F. The van der Waals surface area contributed by atoms with E-state index in [0.29, 0.717) is 5.92 Å². The lowest BCUT2D eigenvalue weighted by Crippen LogP contribution is -2.48. The molecule has 5 unspecified atom stereocenters. The molecule has 1 aromatic carbocycles. The van der Waals surface area contributed by atoms with Gasteiger partial charge in [-0.25, -0.2) is 4.39 Å². The Morgan fingerprint density at radius 2 is 1.67 bits per heavy atom. The van der Waals surface area contributed by atoms with Gasteiger partial charge in [0.2, 0.25) is 0 Å². The van der Waals surface area contributed by atoms with Gasteiger partial charge in [-0.05, 0) is 78.9 Å². The van der Waals surface area contributed by atoms with Gasteiger partial charge in [-0.15, -0.1) is 0 Å². The Kier molecular flexibility index (Phi) is 2.34. The summed E-state index contributed by atoms with van der Waals surface area (Å²) < 4.78 is 13.1. The summed E-state index contributed by atoms with van der Waals surface area (Å²) in [5, 5.41) is 0. The molecule has 1 aromatic rings. The van der Waals surface area contributed by atoms with E-state index in [1.807, 2.05) is 12.1 Å². The Morgan fingerprint density at radius 3 is 2.44 bits per heavy atom. The van der Waals surface area contributed by atoms with E-state index in [2.05, 4.69) is 6.92 Å². The van der Waals surface area contributed by atoms with Crippen molar-refractivity contribution in [1.82, 2.24) is 0 Å². The third-order valence-electron chi connectivity index (χ3n) is 6.13. The van der Waals surface area contributed by atoms with Crippen LogP contribution in [-0.2, 0) is 0 Å². The van der Waals surface area contributed by atoms with Crippen molar-refractivity contribution >= 4 is 0 Å². The first kappa shape index (κ1) is 11.0. The van der Waals surface area contributed by atoms with Gasteiger partial charge < -0.3 is 0 Å². The van der Waals surface area contributed by atoms with Crippen LogP contribution in [0.5, 0.6) is 0 Å². The lowest BCUT2D eigenvalue weighted by Gasteiger charge is -2.58. The molecule has 4 fully saturated rings. The minimum Gasteiger partial charge on any atom is -0.207 e. The fourth-order valence-electron chi connectivity index (χ4n) is 5.43. The van der Waals surface area contributed by atoms with E-state index in [-0.39, 0.29) is 5.82 Å². The first-order chi connectivity index (χ1) is 8.72. The van der Waals surface area contributed by atoms with Crippen molar-refractivity contribution < 1.29 is 4.39 Å². The second kappa shape index (κ2) is 3.82. The molecule has 0 saturated heterocycles. The summed E-state index contributed by atoms with van der Waals surface area (Å²) in [7, 11) is 0. The normalized spacial score (nSPS) is 45.4. The highest BCUT2D eigenvalue weighted by Gasteiger charge is 2.51. The van der Waals surface area contributed by atoms with Gasteiger partial charge in [0.1, 0.15) is 5.82 Å². The summed E-state index contributed by atoms with van der Waals surface area (Å²) in [6, 6.07) is 7.36. The number of hydrogen-bond donors (Lipinski definition) is 0. The lowest BCUT2D eigenvalue weighted by atomic mass is 9.47. The highest BCUT2D eigenvalue weighted by molar-refractivity contribution is 5.25. The van der Waals surface area contributed by atoms with Crippen molar-refractivity contribution in [3.05, 3.63) is 35.6 Å². The second-order valence-corrected chi connectivity index (χ2v) is 6.93. The zero-order valence-electron chi connectivity index (χ0n) is 11.0. The average Bonchev–Trinajstić information content (AvgIpc) is 2.37. The SMILES string of the molecule is CC1C2CC3CC(C2)[C@@H](c2ccc(F)cc2)C1C3. The number of benzene rings is 1. The largest absolute Gasteiger partial charge is 0.207 e. The van der Waals surface area contributed by atoms with Crippen LogP contribution < -0.4 is 0 Å². The highest BCUT2D eigenvalue weighted by Crippen LogP contribution is 2.61. The van der Waals surface area contributed by atoms with Crippen LogP contribution >= 0.6 is 0 Å². The minimum atomic E-state index is -0.101. The van der Waals surface area contributed by atoms with Crippen LogP contribution in [0.2, 0.25) is 0 Å². The first-order valence-electron chi connectivity index (χ1n) is 7.48. The van der Waals surface area contributed by atoms with Crippen LogP contribution in [0.15, 0.2) is 24.3 Å². The number of rotatable bonds is 1. The molecule has 4 aliphatic carbocycles. The second-order valence-electron chi connectivity index (χ2n) is 6.93. The summed E-state index contributed by atoms with van der Waals surface area (Å²) in [6.07, 6.45) is 5.78. The molecule has 4 bridgehead atoms. The van der Waals surface area contributed by atoms with Crippen molar-refractivity contribution in [3.63, 3.8) is 0 Å². The molecule has 0 aromatic heterocycles. The van der Waals surface area contributed by atoms with Gasteiger partial charge in [0.15, 0.2) is 0 Å². The molecule has 18 heavy (non-hydrogen) atoms. The van der Waals surface area contributed by atoms with Crippen LogP contribution in [0.3, 0.4) is 0 Å². The van der Waals surface area contributed by atoms with Crippen molar-refractivity contribution in [3.8, 4) is 0 Å². The maximum atomic E-state index is 13.1. The van der Waals surface area contributed by atoms with E-state index < -0.39 is 0 Å². The number of halogens is 1. The van der Waals surface area contributed by atoms with Crippen molar-refractivity contribution in [2.45, 2.75) is 38.5 Å². The monoisotopic (exact) mass is 244 g/mol. The molecule has 0 nitrogen and oxygen atoms in total. The quantitative estimate of drug-likeness (QED) is 0.676. The predicted octanol–water partition coefficient (Wildman–Crippen LogP) is 4.61. The Bertz CT molecular complexity index is 449.